The third kappa shape index (κ3) is 1.50. The summed E-state index contributed by atoms with van der Waals surface area (Å²) in [6.45, 7) is 0. The molecular weight excluding hydrogens is 122 g/mol. The Labute approximate surface area is 51.7 Å². The average molecular weight is 127 g/mol. The third-order valence-corrected chi connectivity index (χ3v) is 1.45. The van der Waals surface area contributed by atoms with E-state index in [1.807, 2.05) is 5.41 Å². The summed E-state index contributed by atoms with van der Waals surface area (Å²) in [5, 5.41) is 1.86. The molecule has 0 radical (unpaired) electrons. The van der Waals surface area contributed by atoms with Crippen molar-refractivity contribution >= 4 is 23.9 Å². The Morgan fingerprint density at radius 3 is 3.50 bits per heavy atom. The molecule has 0 spiro atoms. The van der Waals surface area contributed by atoms with Crippen LogP contribution in [0.1, 0.15) is 0 Å². The van der Waals surface area contributed by atoms with Crippen molar-refractivity contribution in [2.45, 2.75) is 0 Å². The molecule has 0 aromatic rings. The molecule has 0 bridgehead atoms. The second-order valence-electron chi connectivity index (χ2n) is 1.31. The second-order valence-corrected chi connectivity index (χ2v) is 2.21. The lowest BCUT2D eigenvalue weighted by atomic mass is 10.7. The molecule has 0 saturated carbocycles. The molecule has 1 rings (SSSR count). The first-order valence-electron chi connectivity index (χ1n) is 2.23. The first kappa shape index (κ1) is 5.56. The highest BCUT2D eigenvalue weighted by atomic mass is 32.2. The summed E-state index contributed by atoms with van der Waals surface area (Å²) >= 11 is 1.47. The SMILES string of the molecule is O=C1CSC=CC=N1. The summed E-state index contributed by atoms with van der Waals surface area (Å²) in [5.41, 5.74) is 0. The fourth-order valence-electron chi connectivity index (χ4n) is 0.374. The van der Waals surface area contributed by atoms with Crippen LogP contribution >= 0.6 is 11.8 Å². The van der Waals surface area contributed by atoms with E-state index in [0.717, 1.165) is 0 Å². The van der Waals surface area contributed by atoms with E-state index < -0.39 is 0 Å². The van der Waals surface area contributed by atoms with Gasteiger partial charge in [-0.2, -0.15) is 0 Å². The molecule has 1 heterocycles. The summed E-state index contributed by atoms with van der Waals surface area (Å²) in [5.74, 6) is 0.424. The van der Waals surface area contributed by atoms with Gasteiger partial charge in [0.2, 0.25) is 0 Å². The standard InChI is InChI=1S/C5H5NOS/c7-5-4-8-3-1-2-6-5/h1-3H,4H2. The molecule has 1 aliphatic heterocycles. The zero-order chi connectivity index (χ0) is 5.82. The van der Waals surface area contributed by atoms with Gasteiger partial charge in [-0.15, -0.1) is 11.8 Å². The Kier molecular flexibility index (Phi) is 1.86. The summed E-state index contributed by atoms with van der Waals surface area (Å²) in [7, 11) is 0. The predicted molar refractivity (Wildman–Crippen MR) is 35.1 cm³/mol. The van der Waals surface area contributed by atoms with Gasteiger partial charge in [-0.25, -0.2) is 4.99 Å². The highest BCUT2D eigenvalue weighted by Gasteiger charge is 1.96. The predicted octanol–water partition coefficient (Wildman–Crippen LogP) is 0.844. The Hall–Kier alpha value is -0.570. The lowest BCUT2D eigenvalue weighted by Crippen LogP contribution is -1.93. The molecule has 0 aliphatic carbocycles. The number of rotatable bonds is 0. The van der Waals surface area contributed by atoms with Crippen LogP contribution in [0.3, 0.4) is 0 Å². The number of nitrogens with zero attached hydrogens (tertiary/aromatic N) is 1. The Morgan fingerprint density at radius 1 is 1.75 bits per heavy atom. The maximum atomic E-state index is 10.4. The highest BCUT2D eigenvalue weighted by Crippen LogP contribution is 2.03. The second kappa shape index (κ2) is 2.67. The number of thioether (sulfide) groups is 1. The molecule has 42 valence electrons. The van der Waals surface area contributed by atoms with Gasteiger partial charge in [0, 0.05) is 6.21 Å². The van der Waals surface area contributed by atoms with E-state index in [9.17, 15) is 4.79 Å². The van der Waals surface area contributed by atoms with E-state index >= 15 is 0 Å². The lowest BCUT2D eigenvalue weighted by molar-refractivity contribution is -0.115. The van der Waals surface area contributed by atoms with Gasteiger partial charge in [0.15, 0.2) is 0 Å². The minimum absolute atomic E-state index is 0.0556. The number of allylic oxidation sites excluding steroid dienone is 1. The first-order chi connectivity index (χ1) is 3.89. The molecule has 1 aliphatic rings. The van der Waals surface area contributed by atoms with Gasteiger partial charge in [0.1, 0.15) is 0 Å². The fourth-order valence-corrected chi connectivity index (χ4v) is 0.868. The molecule has 0 fully saturated rings. The summed E-state index contributed by atoms with van der Waals surface area (Å²) in [6.07, 6.45) is 3.28. The smallest absolute Gasteiger partial charge is 0.255 e. The van der Waals surface area contributed by atoms with Crippen molar-refractivity contribution in [2.24, 2.45) is 4.99 Å². The van der Waals surface area contributed by atoms with Gasteiger partial charge in [-0.05, 0) is 11.5 Å². The summed E-state index contributed by atoms with van der Waals surface area (Å²) in [6, 6.07) is 0. The van der Waals surface area contributed by atoms with Crippen LogP contribution < -0.4 is 0 Å². The van der Waals surface area contributed by atoms with Crippen molar-refractivity contribution in [3.8, 4) is 0 Å². The van der Waals surface area contributed by atoms with E-state index in [-0.39, 0.29) is 5.91 Å². The van der Waals surface area contributed by atoms with E-state index in [1.54, 1.807) is 6.08 Å². The molecular formula is C5H5NOS. The quantitative estimate of drug-likeness (QED) is 0.482. The van der Waals surface area contributed by atoms with Crippen molar-refractivity contribution in [1.29, 1.82) is 0 Å². The van der Waals surface area contributed by atoms with E-state index in [2.05, 4.69) is 4.99 Å². The van der Waals surface area contributed by atoms with Gasteiger partial charge < -0.3 is 0 Å². The zero-order valence-corrected chi connectivity index (χ0v) is 5.02. The minimum atomic E-state index is -0.0556. The molecule has 3 heteroatoms. The van der Waals surface area contributed by atoms with Crippen LogP contribution in [0.5, 0.6) is 0 Å². The molecule has 8 heavy (non-hydrogen) atoms. The number of amides is 1. The van der Waals surface area contributed by atoms with Crippen molar-refractivity contribution in [1.82, 2.24) is 0 Å². The molecule has 0 atom stereocenters. The van der Waals surface area contributed by atoms with Gasteiger partial charge in [-0.1, -0.05) is 0 Å². The maximum absolute atomic E-state index is 10.4. The number of hydrogen-bond donors (Lipinski definition) is 0. The van der Waals surface area contributed by atoms with Crippen LogP contribution in [0.4, 0.5) is 0 Å². The Bertz CT molecular complexity index is 151. The number of aliphatic imine (C=N–C) groups is 1. The fraction of sp³-hybridized carbons (Fsp3) is 0.200. The van der Waals surface area contributed by atoms with Crippen molar-refractivity contribution in [2.75, 3.05) is 5.75 Å². The molecule has 0 saturated heterocycles. The van der Waals surface area contributed by atoms with E-state index in [0.29, 0.717) is 5.75 Å². The molecule has 0 aromatic heterocycles. The van der Waals surface area contributed by atoms with Crippen molar-refractivity contribution < 1.29 is 4.79 Å². The van der Waals surface area contributed by atoms with Gasteiger partial charge in [0.05, 0.1) is 5.75 Å². The van der Waals surface area contributed by atoms with Crippen LogP contribution in [-0.4, -0.2) is 17.9 Å². The van der Waals surface area contributed by atoms with E-state index in [4.69, 9.17) is 0 Å². The minimum Gasteiger partial charge on any atom is -0.272 e. The maximum Gasteiger partial charge on any atom is 0.255 e. The van der Waals surface area contributed by atoms with E-state index in [1.165, 1.54) is 18.0 Å². The van der Waals surface area contributed by atoms with Crippen LogP contribution in [0.2, 0.25) is 0 Å². The van der Waals surface area contributed by atoms with Crippen LogP contribution in [0, 0.1) is 0 Å². The summed E-state index contributed by atoms with van der Waals surface area (Å²) < 4.78 is 0. The largest absolute Gasteiger partial charge is 0.272 e. The first-order valence-corrected chi connectivity index (χ1v) is 3.28. The molecule has 0 unspecified atom stereocenters. The van der Waals surface area contributed by atoms with Gasteiger partial charge in [0.25, 0.3) is 5.91 Å². The molecule has 0 aromatic carbocycles. The number of carbonyl (C=O) groups excluding carboxylic acids is 1. The molecule has 1 amide bonds. The van der Waals surface area contributed by atoms with Gasteiger partial charge in [-0.3, -0.25) is 4.79 Å². The van der Waals surface area contributed by atoms with Gasteiger partial charge >= 0.3 is 0 Å². The lowest BCUT2D eigenvalue weighted by Gasteiger charge is -1.82. The van der Waals surface area contributed by atoms with Crippen LogP contribution in [0.15, 0.2) is 16.5 Å². The Morgan fingerprint density at radius 2 is 2.62 bits per heavy atom. The van der Waals surface area contributed by atoms with Crippen LogP contribution in [-0.2, 0) is 4.79 Å². The number of hydrogen-bond acceptors (Lipinski definition) is 2. The number of carbonyl (C=O) groups is 1. The van der Waals surface area contributed by atoms with Crippen LogP contribution in [0.25, 0.3) is 0 Å². The summed E-state index contributed by atoms with van der Waals surface area (Å²) in [4.78, 5) is 14.0. The monoisotopic (exact) mass is 127 g/mol. The molecule has 2 nitrogen and oxygen atoms in total. The third-order valence-electron chi connectivity index (χ3n) is 0.686. The van der Waals surface area contributed by atoms with Crippen molar-refractivity contribution in [3.63, 3.8) is 0 Å². The Balaban J connectivity index is 2.58. The van der Waals surface area contributed by atoms with Crippen molar-refractivity contribution in [3.05, 3.63) is 11.5 Å². The zero-order valence-electron chi connectivity index (χ0n) is 4.20. The molecule has 0 N–H and O–H groups in total. The average Bonchev–Trinajstić information content (AvgIpc) is 1.94. The normalized spacial score (nSPS) is 18.8. The highest BCUT2D eigenvalue weighted by molar-refractivity contribution is 8.02. The topological polar surface area (TPSA) is 29.4 Å².